The number of aryl methyl sites for hydroxylation is 1. The van der Waals surface area contributed by atoms with Crippen molar-refractivity contribution in [1.29, 1.82) is 0 Å². The molecule has 1 amide bonds. The van der Waals surface area contributed by atoms with Gasteiger partial charge >= 0.3 is 12.5 Å². The van der Waals surface area contributed by atoms with Gasteiger partial charge in [-0.15, -0.1) is 13.2 Å². The van der Waals surface area contributed by atoms with Crippen LogP contribution in [0.1, 0.15) is 17.0 Å². The average molecular weight is 661 g/mol. The Bertz CT molecular complexity index is 1760. The van der Waals surface area contributed by atoms with E-state index in [-0.39, 0.29) is 26.2 Å². The van der Waals surface area contributed by atoms with Crippen LogP contribution in [0.5, 0.6) is 5.75 Å². The Labute approximate surface area is 250 Å². The Morgan fingerprint density at radius 1 is 1.02 bits per heavy atom. The first-order valence-electron chi connectivity index (χ1n) is 12.8. The number of carbonyl (C=O) groups is 1. The Kier molecular flexibility index (Phi) is 8.43. The summed E-state index contributed by atoms with van der Waals surface area (Å²) in [5.74, 6) is -0.699. The highest BCUT2D eigenvalue weighted by Crippen LogP contribution is 2.33. The number of aromatic nitrogens is 3. The molecule has 1 atom stereocenters. The number of rotatable bonds is 7. The van der Waals surface area contributed by atoms with Crippen LogP contribution >= 0.6 is 11.3 Å². The molecule has 44 heavy (non-hydrogen) atoms. The molecule has 0 spiro atoms. The van der Waals surface area contributed by atoms with Crippen molar-refractivity contribution in [2.24, 2.45) is 0 Å². The van der Waals surface area contributed by atoms with Crippen LogP contribution in [-0.2, 0) is 27.5 Å². The Hall–Kier alpha value is -4.03. The van der Waals surface area contributed by atoms with Gasteiger partial charge in [-0.25, -0.2) is 18.4 Å². The number of ether oxygens (including phenoxy) is 1. The quantitative estimate of drug-likeness (QED) is 0.288. The zero-order chi connectivity index (χ0) is 31.9. The van der Waals surface area contributed by atoms with Crippen molar-refractivity contribution in [2.45, 2.75) is 36.9 Å². The van der Waals surface area contributed by atoms with Crippen LogP contribution in [-0.4, -0.2) is 65.6 Å². The molecule has 1 aliphatic rings. The minimum atomic E-state index is -4.88. The highest BCUT2D eigenvalue weighted by molar-refractivity contribution is 7.89. The van der Waals surface area contributed by atoms with E-state index in [1.54, 1.807) is 18.0 Å². The maximum absolute atomic E-state index is 13.6. The highest BCUT2D eigenvalue weighted by atomic mass is 32.2. The van der Waals surface area contributed by atoms with E-state index < -0.39 is 50.7 Å². The van der Waals surface area contributed by atoms with Crippen LogP contribution in [0.15, 0.2) is 59.6 Å². The van der Waals surface area contributed by atoms with Crippen molar-refractivity contribution in [3.8, 4) is 5.75 Å². The summed E-state index contributed by atoms with van der Waals surface area (Å²) in [5, 5.41) is 3.06. The second-order valence-corrected chi connectivity index (χ2v) is 12.5. The van der Waals surface area contributed by atoms with Crippen molar-refractivity contribution in [2.75, 3.05) is 24.5 Å². The number of hydrogen-bond acceptors (Lipinski definition) is 9. The number of fused-ring (bicyclic) bond motifs is 1. The van der Waals surface area contributed by atoms with E-state index in [0.717, 1.165) is 28.6 Å². The molecule has 1 aliphatic heterocycles. The van der Waals surface area contributed by atoms with E-state index in [9.17, 15) is 39.6 Å². The molecule has 2 aromatic heterocycles. The van der Waals surface area contributed by atoms with E-state index in [0.29, 0.717) is 39.0 Å². The van der Waals surface area contributed by atoms with E-state index in [2.05, 4.69) is 25.0 Å². The lowest BCUT2D eigenvalue weighted by Crippen LogP contribution is -2.60. The normalized spacial score (nSPS) is 16.7. The molecular formula is C26H22F6N6O4S2. The summed E-state index contributed by atoms with van der Waals surface area (Å²) < 4.78 is 109. The molecular weight excluding hydrogens is 638 g/mol. The minimum Gasteiger partial charge on any atom is -0.406 e. The lowest BCUT2D eigenvalue weighted by molar-refractivity contribution is -0.274. The molecule has 4 aromatic rings. The van der Waals surface area contributed by atoms with Gasteiger partial charge in [0.05, 0.1) is 21.4 Å². The van der Waals surface area contributed by atoms with Crippen LogP contribution in [0.25, 0.3) is 10.3 Å². The number of nitrogens with one attached hydrogen (secondary N) is 1. The molecule has 1 N–H and O–H groups in total. The third-order valence-corrected chi connectivity index (χ3v) is 9.54. The summed E-state index contributed by atoms with van der Waals surface area (Å²) in [4.78, 5) is 27.7. The number of sulfonamides is 1. The Morgan fingerprint density at radius 2 is 1.70 bits per heavy atom. The number of piperazine rings is 1. The van der Waals surface area contributed by atoms with Crippen LogP contribution < -0.4 is 15.0 Å². The standard InChI is InChI=1S/C26H22F6N6O4S2/c1-15-33-13-21-22(35-15)36-24(43-21)37-10-11-38(44(40,41)19-8-4-17(5-9-19)25(27,28)29)20(14-37)23(39)34-12-16-2-6-18(7-3-16)42-26(30,31)32/h2-9,13,20H,10-12,14H2,1H3,(H,34,39)/t20-/m1/s1. The molecule has 0 aliphatic carbocycles. The molecule has 10 nitrogen and oxygen atoms in total. The van der Waals surface area contributed by atoms with Gasteiger partial charge in [-0.2, -0.15) is 22.5 Å². The lowest BCUT2D eigenvalue weighted by Gasteiger charge is -2.39. The van der Waals surface area contributed by atoms with Crippen LogP contribution in [0.2, 0.25) is 0 Å². The van der Waals surface area contributed by atoms with E-state index in [1.807, 2.05) is 0 Å². The SMILES string of the molecule is Cc1ncc2sc(N3CCN(S(=O)(=O)c4ccc(C(F)(F)F)cc4)[C@@H](C(=O)NCc4ccc(OC(F)(F)F)cc4)C3)nc2n1. The van der Waals surface area contributed by atoms with Gasteiger partial charge < -0.3 is 15.0 Å². The number of thiazole rings is 1. The molecule has 2 aromatic carbocycles. The lowest BCUT2D eigenvalue weighted by atomic mass is 10.1. The highest BCUT2D eigenvalue weighted by Gasteiger charge is 2.41. The van der Waals surface area contributed by atoms with Gasteiger partial charge in [-0.05, 0) is 48.9 Å². The first kappa shape index (κ1) is 31.4. The van der Waals surface area contributed by atoms with Crippen molar-refractivity contribution in [1.82, 2.24) is 24.6 Å². The minimum absolute atomic E-state index is 0.108. The Morgan fingerprint density at radius 3 is 2.34 bits per heavy atom. The van der Waals surface area contributed by atoms with Crippen molar-refractivity contribution in [3.05, 3.63) is 71.7 Å². The number of nitrogens with zero attached hydrogens (tertiary/aromatic N) is 5. The largest absolute Gasteiger partial charge is 0.573 e. The summed E-state index contributed by atoms with van der Waals surface area (Å²) in [5.41, 5.74) is -0.203. The third-order valence-electron chi connectivity index (χ3n) is 6.58. The fourth-order valence-corrected chi connectivity index (χ4v) is 6.94. The number of anilines is 1. The van der Waals surface area contributed by atoms with Gasteiger partial charge in [0.1, 0.15) is 17.6 Å². The van der Waals surface area contributed by atoms with Crippen molar-refractivity contribution < 1.29 is 44.3 Å². The molecule has 0 saturated carbocycles. The van der Waals surface area contributed by atoms with Gasteiger partial charge in [0, 0.05) is 26.2 Å². The molecule has 18 heteroatoms. The van der Waals surface area contributed by atoms with Gasteiger partial charge in [0.15, 0.2) is 10.8 Å². The second kappa shape index (κ2) is 11.8. The van der Waals surface area contributed by atoms with Gasteiger partial charge in [0.2, 0.25) is 15.9 Å². The monoisotopic (exact) mass is 660 g/mol. The molecule has 1 fully saturated rings. The Balaban J connectivity index is 1.39. The second-order valence-electron chi connectivity index (χ2n) is 9.61. The van der Waals surface area contributed by atoms with Crippen LogP contribution in [0.4, 0.5) is 31.5 Å². The molecule has 3 heterocycles. The number of amides is 1. The zero-order valence-electron chi connectivity index (χ0n) is 22.6. The van der Waals surface area contributed by atoms with E-state index in [4.69, 9.17) is 0 Å². The number of halogens is 6. The predicted molar refractivity (Wildman–Crippen MR) is 146 cm³/mol. The fourth-order valence-electron chi connectivity index (χ4n) is 4.45. The number of benzene rings is 2. The van der Waals surface area contributed by atoms with Gasteiger partial charge in [-0.3, -0.25) is 4.79 Å². The first-order chi connectivity index (χ1) is 20.6. The molecule has 5 rings (SSSR count). The summed E-state index contributed by atoms with van der Waals surface area (Å²) in [6.45, 7) is 1.28. The summed E-state index contributed by atoms with van der Waals surface area (Å²) in [7, 11) is -4.44. The van der Waals surface area contributed by atoms with Gasteiger partial charge in [-0.1, -0.05) is 23.5 Å². The van der Waals surface area contributed by atoms with Crippen molar-refractivity contribution >= 4 is 42.7 Å². The molecule has 0 radical (unpaired) electrons. The zero-order valence-corrected chi connectivity index (χ0v) is 24.2. The summed E-state index contributed by atoms with van der Waals surface area (Å²) in [6.07, 6.45) is -7.95. The molecule has 0 bridgehead atoms. The van der Waals surface area contributed by atoms with Crippen LogP contribution in [0, 0.1) is 6.92 Å². The van der Waals surface area contributed by atoms with Crippen molar-refractivity contribution in [3.63, 3.8) is 0 Å². The van der Waals surface area contributed by atoms with Gasteiger partial charge in [0.25, 0.3) is 0 Å². The smallest absolute Gasteiger partial charge is 0.406 e. The third kappa shape index (κ3) is 7.02. The maximum Gasteiger partial charge on any atom is 0.573 e. The summed E-state index contributed by atoms with van der Waals surface area (Å²) >= 11 is 1.24. The maximum atomic E-state index is 13.6. The van der Waals surface area contributed by atoms with E-state index in [1.165, 1.54) is 23.5 Å². The predicted octanol–water partition coefficient (Wildman–Crippen LogP) is 4.51. The molecule has 0 unspecified atom stereocenters. The molecule has 234 valence electrons. The van der Waals surface area contributed by atoms with Crippen LogP contribution in [0.3, 0.4) is 0 Å². The number of alkyl halides is 6. The van der Waals surface area contributed by atoms with E-state index >= 15 is 0 Å². The number of carbonyl (C=O) groups excluding carboxylic acids is 1. The average Bonchev–Trinajstić information content (AvgIpc) is 3.38. The number of hydrogen-bond donors (Lipinski definition) is 1. The summed E-state index contributed by atoms with van der Waals surface area (Å²) in [6, 6.07) is 6.35. The topological polar surface area (TPSA) is 118 Å². The first-order valence-corrected chi connectivity index (χ1v) is 15.0. The fraction of sp³-hybridized carbons (Fsp3) is 0.308. The molecule has 1 saturated heterocycles.